The van der Waals surface area contributed by atoms with Crippen LogP contribution in [0.4, 0.5) is 0 Å². The smallest absolute Gasteiger partial charge is 0.219 e. The van der Waals surface area contributed by atoms with Crippen LogP contribution >= 0.6 is 11.6 Å². The molecule has 0 aliphatic rings. The van der Waals surface area contributed by atoms with Crippen LogP contribution in [-0.2, 0) is 31.2 Å². The first-order valence-electron chi connectivity index (χ1n) is 6.83. The van der Waals surface area contributed by atoms with Gasteiger partial charge in [-0.05, 0) is 6.42 Å². The molecule has 110 valence electrons. The number of rotatable bonds is 7. The lowest BCUT2D eigenvalue weighted by atomic mass is 10.2. The summed E-state index contributed by atoms with van der Waals surface area (Å²) in [6, 6.07) is 0. The average molecular weight is 298 g/mol. The molecule has 2 aromatic heterocycles. The predicted octanol–water partition coefficient (Wildman–Crippen LogP) is 1.38. The molecule has 0 saturated heterocycles. The van der Waals surface area contributed by atoms with E-state index in [1.165, 1.54) is 0 Å². The van der Waals surface area contributed by atoms with E-state index in [1.807, 2.05) is 16.3 Å². The number of hydrogen-bond acceptors (Lipinski definition) is 3. The van der Waals surface area contributed by atoms with Gasteiger partial charge in [0.15, 0.2) is 5.65 Å². The Labute approximate surface area is 122 Å². The second-order valence-corrected chi connectivity index (χ2v) is 5.21. The minimum atomic E-state index is -0.320. The number of fused-ring (bicyclic) bond motifs is 1. The molecule has 2 N–H and O–H groups in total. The number of aromatic nitrogens is 4. The number of hydrogen-bond donors (Lipinski definition) is 1. The number of nitrogens with two attached hydrogens (primary N) is 1. The molecule has 20 heavy (non-hydrogen) atoms. The molecule has 0 atom stereocenters. The first-order chi connectivity index (χ1) is 9.58. The molecular weight excluding hydrogens is 278 g/mol. The topological polar surface area (TPSA) is 78.7 Å². The first kappa shape index (κ1) is 14.8. The standard InChI is InChI=1S/C13H20ClN5O/c1-3-4-9-12-13(18(2)17-9)19(8-6-10(15)20)11(16-12)5-7-14/h3-8H2,1-2H3,(H2,15,20). The Morgan fingerprint density at radius 2 is 2.15 bits per heavy atom. The normalized spacial score (nSPS) is 11.3. The van der Waals surface area contributed by atoms with E-state index in [4.69, 9.17) is 17.3 Å². The SMILES string of the molecule is CCCc1nn(C)c2c1nc(CCCl)n2CCC(N)=O. The van der Waals surface area contributed by atoms with Gasteiger partial charge in [0, 0.05) is 32.3 Å². The fourth-order valence-electron chi connectivity index (χ4n) is 2.42. The van der Waals surface area contributed by atoms with Crippen LogP contribution < -0.4 is 5.73 Å². The molecule has 0 aliphatic heterocycles. The zero-order valence-corrected chi connectivity index (χ0v) is 12.7. The maximum atomic E-state index is 11.0. The second kappa shape index (κ2) is 6.26. The maximum Gasteiger partial charge on any atom is 0.219 e. The highest BCUT2D eigenvalue weighted by Gasteiger charge is 2.18. The van der Waals surface area contributed by atoms with Crippen LogP contribution in [0.5, 0.6) is 0 Å². The van der Waals surface area contributed by atoms with E-state index < -0.39 is 0 Å². The maximum absolute atomic E-state index is 11.0. The molecule has 0 radical (unpaired) electrons. The van der Waals surface area contributed by atoms with Gasteiger partial charge in [0.1, 0.15) is 11.3 Å². The van der Waals surface area contributed by atoms with Gasteiger partial charge in [0.25, 0.3) is 0 Å². The molecule has 1 amide bonds. The molecule has 6 nitrogen and oxygen atoms in total. The number of aryl methyl sites for hydroxylation is 4. The lowest BCUT2D eigenvalue weighted by molar-refractivity contribution is -0.118. The number of alkyl halides is 1. The average Bonchev–Trinajstić information content (AvgIpc) is 2.88. The van der Waals surface area contributed by atoms with Crippen molar-refractivity contribution in [3.05, 3.63) is 11.5 Å². The van der Waals surface area contributed by atoms with Gasteiger partial charge in [-0.25, -0.2) is 4.98 Å². The van der Waals surface area contributed by atoms with Crippen molar-refractivity contribution in [2.75, 3.05) is 5.88 Å². The fourth-order valence-corrected chi connectivity index (χ4v) is 2.59. The monoisotopic (exact) mass is 297 g/mol. The van der Waals surface area contributed by atoms with Crippen molar-refractivity contribution in [2.45, 2.75) is 39.2 Å². The van der Waals surface area contributed by atoms with E-state index >= 15 is 0 Å². The summed E-state index contributed by atoms with van der Waals surface area (Å²) in [5.74, 6) is 1.07. The molecule has 2 rings (SSSR count). The molecule has 0 saturated carbocycles. The van der Waals surface area contributed by atoms with Gasteiger partial charge in [0.2, 0.25) is 5.91 Å². The number of carbonyl (C=O) groups is 1. The Balaban J connectivity index is 2.49. The van der Waals surface area contributed by atoms with Gasteiger partial charge in [-0.2, -0.15) is 5.10 Å². The molecule has 0 unspecified atom stereocenters. The highest BCUT2D eigenvalue weighted by molar-refractivity contribution is 6.17. The Morgan fingerprint density at radius 1 is 1.40 bits per heavy atom. The lowest BCUT2D eigenvalue weighted by Gasteiger charge is -2.07. The molecule has 0 aromatic carbocycles. The largest absolute Gasteiger partial charge is 0.370 e. The third-order valence-corrected chi connectivity index (χ3v) is 3.45. The minimum Gasteiger partial charge on any atom is -0.370 e. The molecule has 2 aromatic rings. The summed E-state index contributed by atoms with van der Waals surface area (Å²) in [6.45, 7) is 2.63. The van der Waals surface area contributed by atoms with Crippen molar-refractivity contribution in [3.63, 3.8) is 0 Å². The Hall–Kier alpha value is -1.56. The zero-order valence-electron chi connectivity index (χ0n) is 11.9. The van der Waals surface area contributed by atoms with E-state index in [-0.39, 0.29) is 12.3 Å². The van der Waals surface area contributed by atoms with Gasteiger partial charge in [0.05, 0.1) is 5.69 Å². The highest BCUT2D eigenvalue weighted by Crippen LogP contribution is 2.21. The summed E-state index contributed by atoms with van der Waals surface area (Å²) in [6.07, 6.45) is 2.87. The van der Waals surface area contributed by atoms with Gasteiger partial charge >= 0.3 is 0 Å². The molecule has 0 bridgehead atoms. The van der Waals surface area contributed by atoms with Crippen LogP contribution in [0.2, 0.25) is 0 Å². The van der Waals surface area contributed by atoms with Gasteiger partial charge < -0.3 is 10.3 Å². The number of carbonyl (C=O) groups excluding carboxylic acids is 1. The Kier molecular flexibility index (Phi) is 4.65. The van der Waals surface area contributed by atoms with Crippen LogP contribution in [0.3, 0.4) is 0 Å². The van der Waals surface area contributed by atoms with E-state index in [2.05, 4.69) is 17.0 Å². The van der Waals surface area contributed by atoms with E-state index in [0.717, 1.165) is 35.5 Å². The van der Waals surface area contributed by atoms with Crippen LogP contribution in [0.15, 0.2) is 0 Å². The van der Waals surface area contributed by atoms with Crippen LogP contribution in [-0.4, -0.2) is 31.1 Å². The lowest BCUT2D eigenvalue weighted by Crippen LogP contribution is -2.16. The third kappa shape index (κ3) is 2.80. The Morgan fingerprint density at radius 3 is 2.75 bits per heavy atom. The van der Waals surface area contributed by atoms with Gasteiger partial charge in [-0.1, -0.05) is 13.3 Å². The number of primary amides is 1. The van der Waals surface area contributed by atoms with E-state index in [1.54, 1.807) is 0 Å². The van der Waals surface area contributed by atoms with E-state index in [9.17, 15) is 4.79 Å². The summed E-state index contributed by atoms with van der Waals surface area (Å²) in [4.78, 5) is 15.7. The molecule has 2 heterocycles. The Bertz CT molecular complexity index is 616. The zero-order chi connectivity index (χ0) is 14.7. The summed E-state index contributed by atoms with van der Waals surface area (Å²) in [5.41, 5.74) is 8.10. The summed E-state index contributed by atoms with van der Waals surface area (Å²) in [5, 5.41) is 4.51. The van der Waals surface area contributed by atoms with Crippen LogP contribution in [0.1, 0.15) is 31.3 Å². The summed E-state index contributed by atoms with van der Waals surface area (Å²) in [7, 11) is 1.90. The van der Waals surface area contributed by atoms with Crippen LogP contribution in [0, 0.1) is 0 Å². The highest BCUT2D eigenvalue weighted by atomic mass is 35.5. The quantitative estimate of drug-likeness (QED) is 0.784. The fraction of sp³-hybridized carbons (Fsp3) is 0.615. The number of halogens is 1. The molecule has 0 fully saturated rings. The predicted molar refractivity (Wildman–Crippen MR) is 78.7 cm³/mol. The number of amides is 1. The minimum absolute atomic E-state index is 0.287. The number of imidazole rings is 1. The van der Waals surface area contributed by atoms with Crippen molar-refractivity contribution in [1.29, 1.82) is 0 Å². The van der Waals surface area contributed by atoms with Crippen LogP contribution in [0.25, 0.3) is 11.2 Å². The summed E-state index contributed by atoms with van der Waals surface area (Å²) >= 11 is 5.84. The van der Waals surface area contributed by atoms with Crippen molar-refractivity contribution in [1.82, 2.24) is 19.3 Å². The van der Waals surface area contributed by atoms with Gasteiger partial charge in [-0.15, -0.1) is 11.6 Å². The van der Waals surface area contributed by atoms with Crippen molar-refractivity contribution in [2.24, 2.45) is 12.8 Å². The molecule has 0 aliphatic carbocycles. The van der Waals surface area contributed by atoms with Crippen molar-refractivity contribution >= 4 is 28.7 Å². The van der Waals surface area contributed by atoms with E-state index in [0.29, 0.717) is 18.8 Å². The summed E-state index contributed by atoms with van der Waals surface area (Å²) < 4.78 is 3.83. The first-order valence-corrected chi connectivity index (χ1v) is 7.37. The molecule has 0 spiro atoms. The van der Waals surface area contributed by atoms with Crippen molar-refractivity contribution < 1.29 is 4.79 Å². The van der Waals surface area contributed by atoms with Gasteiger partial charge in [-0.3, -0.25) is 9.48 Å². The number of nitrogens with zero attached hydrogens (tertiary/aromatic N) is 4. The third-order valence-electron chi connectivity index (χ3n) is 3.26. The second-order valence-electron chi connectivity index (χ2n) is 4.83. The van der Waals surface area contributed by atoms with Crippen molar-refractivity contribution in [3.8, 4) is 0 Å². The molecular formula is C13H20ClN5O. The molecule has 7 heteroatoms.